The van der Waals surface area contributed by atoms with Crippen molar-refractivity contribution in [3.05, 3.63) is 35.9 Å². The summed E-state index contributed by atoms with van der Waals surface area (Å²) in [6.45, 7) is 1.76. The average molecular weight is 245 g/mol. The molecule has 0 unspecified atom stereocenters. The highest BCUT2D eigenvalue weighted by Gasteiger charge is 2.07. The Labute approximate surface area is 105 Å². The van der Waals surface area contributed by atoms with Gasteiger partial charge >= 0.3 is 0 Å². The lowest BCUT2D eigenvalue weighted by molar-refractivity contribution is 0.471. The first kappa shape index (κ1) is 11.9. The zero-order valence-corrected chi connectivity index (χ0v) is 9.94. The van der Waals surface area contributed by atoms with Crippen LogP contribution in [-0.4, -0.2) is 10.2 Å². The molecule has 7 N–H and O–H groups in total. The van der Waals surface area contributed by atoms with Gasteiger partial charge < -0.3 is 27.0 Å². The monoisotopic (exact) mass is 245 g/mol. The van der Waals surface area contributed by atoms with Gasteiger partial charge in [-0.05, 0) is 36.8 Å². The lowest BCUT2D eigenvalue weighted by Gasteiger charge is -2.13. The maximum Gasteiger partial charge on any atom is 0.139 e. The third kappa shape index (κ3) is 2.24. The van der Waals surface area contributed by atoms with Crippen molar-refractivity contribution in [3.63, 3.8) is 0 Å². The normalized spacial score (nSPS) is 10.3. The largest absolute Gasteiger partial charge is 0.508 e. The smallest absolute Gasteiger partial charge is 0.139 e. The summed E-state index contributed by atoms with van der Waals surface area (Å²) in [5, 5.41) is 22.3. The fraction of sp³-hybridized carbons (Fsp3) is 0.0769. The van der Waals surface area contributed by atoms with Crippen LogP contribution in [0.25, 0.3) is 0 Å². The van der Waals surface area contributed by atoms with E-state index in [1.807, 2.05) is 0 Å². The van der Waals surface area contributed by atoms with E-state index in [0.717, 1.165) is 0 Å². The van der Waals surface area contributed by atoms with E-state index in [2.05, 4.69) is 5.32 Å². The third-order valence-corrected chi connectivity index (χ3v) is 2.66. The quantitative estimate of drug-likeness (QED) is 0.317. The van der Waals surface area contributed by atoms with E-state index in [4.69, 9.17) is 11.5 Å². The standard InChI is InChI=1S/C13H15N3O2/c1-7-4-9(15)10(6-13(7)18)16-11-5-8(14)2-3-12(11)17/h2-6,16-18H,14-15H2,1H3. The van der Waals surface area contributed by atoms with Crippen molar-refractivity contribution in [1.29, 1.82) is 0 Å². The Morgan fingerprint density at radius 3 is 2.39 bits per heavy atom. The SMILES string of the molecule is Cc1cc(N)c(Nc2cc(N)ccc2O)cc1O. The molecule has 0 fully saturated rings. The molecule has 0 bridgehead atoms. The molecule has 0 amide bonds. The Morgan fingerprint density at radius 1 is 0.944 bits per heavy atom. The number of hydrogen-bond acceptors (Lipinski definition) is 5. The predicted molar refractivity (Wildman–Crippen MR) is 73.1 cm³/mol. The van der Waals surface area contributed by atoms with Crippen LogP contribution < -0.4 is 16.8 Å². The highest BCUT2D eigenvalue weighted by Crippen LogP contribution is 2.34. The fourth-order valence-corrected chi connectivity index (χ4v) is 1.63. The summed E-state index contributed by atoms with van der Waals surface area (Å²) in [6, 6.07) is 7.83. The number of nitrogen functional groups attached to an aromatic ring is 2. The Kier molecular flexibility index (Phi) is 2.89. The van der Waals surface area contributed by atoms with E-state index in [1.54, 1.807) is 25.1 Å². The molecule has 0 aliphatic heterocycles. The minimum atomic E-state index is 0.0589. The van der Waals surface area contributed by atoms with Gasteiger partial charge in [-0.15, -0.1) is 0 Å². The van der Waals surface area contributed by atoms with Crippen molar-refractivity contribution in [1.82, 2.24) is 0 Å². The van der Waals surface area contributed by atoms with Crippen LogP contribution in [0.4, 0.5) is 22.7 Å². The van der Waals surface area contributed by atoms with Crippen LogP contribution in [0.1, 0.15) is 5.56 Å². The number of nitrogens with two attached hydrogens (primary N) is 2. The highest BCUT2D eigenvalue weighted by atomic mass is 16.3. The number of hydrogen-bond donors (Lipinski definition) is 5. The Bertz CT molecular complexity index is 597. The molecule has 0 atom stereocenters. The maximum atomic E-state index is 9.69. The molecule has 0 aliphatic rings. The Balaban J connectivity index is 2.40. The van der Waals surface area contributed by atoms with Crippen LogP contribution in [0.3, 0.4) is 0 Å². The predicted octanol–water partition coefficient (Wildman–Crippen LogP) is 2.31. The molecule has 0 saturated heterocycles. The summed E-state index contributed by atoms with van der Waals surface area (Å²) in [6.07, 6.45) is 0. The number of rotatable bonds is 2. The molecule has 94 valence electrons. The second-order valence-corrected chi connectivity index (χ2v) is 4.13. The maximum absolute atomic E-state index is 9.69. The summed E-state index contributed by atoms with van der Waals surface area (Å²) in [5.74, 6) is 0.193. The van der Waals surface area contributed by atoms with Gasteiger partial charge in [0.1, 0.15) is 11.5 Å². The molecule has 5 nitrogen and oxygen atoms in total. The van der Waals surface area contributed by atoms with Crippen LogP contribution >= 0.6 is 0 Å². The van der Waals surface area contributed by atoms with Crippen LogP contribution in [0, 0.1) is 6.92 Å². The number of nitrogens with one attached hydrogen (secondary N) is 1. The number of aromatic hydroxyl groups is 2. The van der Waals surface area contributed by atoms with Crippen LogP contribution in [0.2, 0.25) is 0 Å². The molecule has 0 radical (unpaired) electrons. The van der Waals surface area contributed by atoms with Gasteiger partial charge in [0.2, 0.25) is 0 Å². The summed E-state index contributed by atoms with van der Waals surface area (Å²) < 4.78 is 0. The van der Waals surface area contributed by atoms with Gasteiger partial charge in [0, 0.05) is 11.8 Å². The van der Waals surface area contributed by atoms with E-state index in [0.29, 0.717) is 28.3 Å². The number of phenols is 2. The van der Waals surface area contributed by atoms with Gasteiger partial charge in [0.15, 0.2) is 0 Å². The first-order valence-electron chi connectivity index (χ1n) is 5.42. The third-order valence-electron chi connectivity index (χ3n) is 2.66. The van der Waals surface area contributed by atoms with Gasteiger partial charge in [0.05, 0.1) is 17.1 Å². The molecule has 0 saturated carbocycles. The molecule has 0 aliphatic carbocycles. The highest BCUT2D eigenvalue weighted by molar-refractivity contribution is 5.78. The van der Waals surface area contributed by atoms with Crippen LogP contribution in [-0.2, 0) is 0 Å². The van der Waals surface area contributed by atoms with Gasteiger partial charge in [-0.3, -0.25) is 0 Å². The van der Waals surface area contributed by atoms with Gasteiger partial charge in [-0.25, -0.2) is 0 Å². The summed E-state index contributed by atoms with van der Waals surface area (Å²) in [7, 11) is 0. The molecule has 0 aromatic heterocycles. The Morgan fingerprint density at radius 2 is 1.67 bits per heavy atom. The van der Waals surface area contributed by atoms with Crippen molar-refractivity contribution in [3.8, 4) is 11.5 Å². The minimum absolute atomic E-state index is 0.0589. The summed E-state index contributed by atoms with van der Waals surface area (Å²) >= 11 is 0. The fourth-order valence-electron chi connectivity index (χ4n) is 1.63. The molecule has 0 heterocycles. The Hall–Kier alpha value is -2.56. The van der Waals surface area contributed by atoms with Gasteiger partial charge in [0.25, 0.3) is 0 Å². The first-order valence-corrected chi connectivity index (χ1v) is 5.42. The van der Waals surface area contributed by atoms with Crippen molar-refractivity contribution >= 4 is 22.7 Å². The van der Waals surface area contributed by atoms with Crippen molar-refractivity contribution in [2.24, 2.45) is 0 Å². The van der Waals surface area contributed by atoms with Gasteiger partial charge in [-0.1, -0.05) is 0 Å². The lowest BCUT2D eigenvalue weighted by atomic mass is 10.1. The summed E-state index contributed by atoms with van der Waals surface area (Å²) in [4.78, 5) is 0. The molecule has 5 heteroatoms. The zero-order valence-electron chi connectivity index (χ0n) is 9.94. The number of phenolic OH excluding ortho intramolecular Hbond substituents is 2. The average Bonchev–Trinajstić information content (AvgIpc) is 2.30. The molecule has 2 rings (SSSR count). The number of benzene rings is 2. The zero-order chi connectivity index (χ0) is 13.3. The first-order chi connectivity index (χ1) is 8.47. The molecule has 18 heavy (non-hydrogen) atoms. The second-order valence-electron chi connectivity index (χ2n) is 4.13. The minimum Gasteiger partial charge on any atom is -0.508 e. The van der Waals surface area contributed by atoms with E-state index < -0.39 is 0 Å². The van der Waals surface area contributed by atoms with Crippen molar-refractivity contribution in [2.45, 2.75) is 6.92 Å². The topological polar surface area (TPSA) is 105 Å². The summed E-state index contributed by atoms with van der Waals surface area (Å²) in [5.41, 5.74) is 14.1. The van der Waals surface area contributed by atoms with E-state index in [9.17, 15) is 10.2 Å². The molecular formula is C13H15N3O2. The van der Waals surface area contributed by atoms with Crippen molar-refractivity contribution < 1.29 is 10.2 Å². The van der Waals surface area contributed by atoms with E-state index >= 15 is 0 Å². The van der Waals surface area contributed by atoms with E-state index in [-0.39, 0.29) is 11.5 Å². The second kappa shape index (κ2) is 4.37. The molecular weight excluding hydrogens is 230 g/mol. The molecule has 2 aromatic rings. The van der Waals surface area contributed by atoms with Crippen molar-refractivity contribution in [2.75, 3.05) is 16.8 Å². The molecule has 0 spiro atoms. The van der Waals surface area contributed by atoms with Gasteiger partial charge in [-0.2, -0.15) is 0 Å². The number of aryl methyl sites for hydroxylation is 1. The van der Waals surface area contributed by atoms with Crippen LogP contribution in [0.15, 0.2) is 30.3 Å². The van der Waals surface area contributed by atoms with Crippen LogP contribution in [0.5, 0.6) is 11.5 Å². The van der Waals surface area contributed by atoms with E-state index in [1.165, 1.54) is 12.1 Å². The number of anilines is 4. The lowest BCUT2D eigenvalue weighted by Crippen LogP contribution is -1.98. The molecule has 2 aromatic carbocycles.